The quantitative estimate of drug-likeness (QED) is 0.727. The van der Waals surface area contributed by atoms with Gasteiger partial charge >= 0.3 is 0 Å². The van der Waals surface area contributed by atoms with Gasteiger partial charge < -0.3 is 0 Å². The summed E-state index contributed by atoms with van der Waals surface area (Å²) >= 11 is 0. The van der Waals surface area contributed by atoms with E-state index in [2.05, 4.69) is 15.0 Å². The van der Waals surface area contributed by atoms with Crippen molar-refractivity contribution >= 4 is 0 Å². The summed E-state index contributed by atoms with van der Waals surface area (Å²) in [6, 6.07) is 11.9. The third kappa shape index (κ3) is 3.11. The summed E-state index contributed by atoms with van der Waals surface area (Å²) in [5.74, 6) is 0. The molecule has 0 N–H and O–H groups in total. The van der Waals surface area contributed by atoms with Crippen LogP contribution in [0.2, 0.25) is 0 Å². The van der Waals surface area contributed by atoms with Gasteiger partial charge in [-0.15, -0.1) is 0 Å². The Balaban J connectivity index is 0.00000133. The Morgan fingerprint density at radius 3 is 1.95 bits per heavy atom. The monoisotopic (exact) mass is 322 g/mol. The van der Waals surface area contributed by atoms with E-state index in [1.54, 1.807) is 18.6 Å². The fourth-order valence-electron chi connectivity index (χ4n) is 1.89. The molecule has 0 saturated heterocycles. The van der Waals surface area contributed by atoms with E-state index in [4.69, 9.17) is 0 Å². The fourth-order valence-corrected chi connectivity index (χ4v) is 1.89. The largest absolute Gasteiger partial charge is 0.264 e. The van der Waals surface area contributed by atoms with Crippen LogP contribution in [0.25, 0.3) is 22.4 Å². The zero-order chi connectivity index (χ0) is 12.2. The molecule has 0 aliphatic carbocycles. The van der Waals surface area contributed by atoms with E-state index < -0.39 is 0 Å². The second kappa shape index (κ2) is 6.64. The number of hydrogen-bond acceptors (Lipinski definition) is 3. The predicted molar refractivity (Wildman–Crippen MR) is 70.7 cm³/mol. The van der Waals surface area contributed by atoms with Gasteiger partial charge in [-0.25, -0.2) is 0 Å². The minimum Gasteiger partial charge on any atom is -0.264 e. The molecule has 0 atom stereocenters. The first-order valence-corrected chi connectivity index (χ1v) is 5.71. The molecule has 0 aliphatic heterocycles. The van der Waals surface area contributed by atoms with E-state index in [1.807, 2.05) is 48.8 Å². The van der Waals surface area contributed by atoms with Gasteiger partial charge in [-0.3, -0.25) is 15.0 Å². The molecule has 0 fully saturated rings. The van der Waals surface area contributed by atoms with Crippen LogP contribution in [0.3, 0.4) is 0 Å². The van der Waals surface area contributed by atoms with E-state index in [0.29, 0.717) is 0 Å². The normalized spacial score (nSPS) is 9.68. The molecule has 89 valence electrons. The maximum atomic E-state index is 4.46. The van der Waals surface area contributed by atoms with Crippen LogP contribution in [-0.2, 0) is 32.7 Å². The Kier molecular flexibility index (Phi) is 4.89. The zero-order valence-corrected chi connectivity index (χ0v) is 13.1. The molecule has 1 radical (unpaired) electrons. The molecular formula is C15H11N3Y. The Morgan fingerprint density at radius 2 is 1.32 bits per heavy atom. The van der Waals surface area contributed by atoms with Crippen LogP contribution in [0.15, 0.2) is 67.4 Å². The third-order valence-electron chi connectivity index (χ3n) is 2.72. The van der Waals surface area contributed by atoms with Gasteiger partial charge in [0, 0.05) is 80.4 Å². The summed E-state index contributed by atoms with van der Waals surface area (Å²) in [5.41, 5.74) is 4.07. The topological polar surface area (TPSA) is 38.7 Å². The molecule has 3 aromatic heterocycles. The molecule has 3 nitrogen and oxygen atoms in total. The first-order valence-electron chi connectivity index (χ1n) is 5.71. The van der Waals surface area contributed by atoms with Crippen LogP contribution in [0.1, 0.15) is 0 Å². The first kappa shape index (κ1) is 14.0. The molecule has 3 heterocycles. The standard InChI is InChI=1S/C15H11N3.Y/c1-4-12(10-16-7-1)14-6-3-9-18-15(14)13-5-2-8-17-11-13;/h1-11H;. The molecule has 0 spiro atoms. The summed E-state index contributed by atoms with van der Waals surface area (Å²) < 4.78 is 0. The molecule has 3 aromatic rings. The first-order chi connectivity index (χ1) is 8.95. The Labute approximate surface area is 137 Å². The second-order valence-corrected chi connectivity index (χ2v) is 3.88. The van der Waals surface area contributed by atoms with Crippen LogP contribution >= 0.6 is 0 Å². The van der Waals surface area contributed by atoms with Crippen molar-refractivity contribution in [3.05, 3.63) is 67.4 Å². The van der Waals surface area contributed by atoms with Crippen LogP contribution in [0.4, 0.5) is 0 Å². The minimum atomic E-state index is 0. The Morgan fingerprint density at radius 1 is 0.684 bits per heavy atom. The summed E-state index contributed by atoms with van der Waals surface area (Å²) in [5, 5.41) is 0. The van der Waals surface area contributed by atoms with E-state index in [9.17, 15) is 0 Å². The van der Waals surface area contributed by atoms with E-state index in [1.165, 1.54) is 0 Å². The molecule has 0 bridgehead atoms. The van der Waals surface area contributed by atoms with E-state index in [-0.39, 0.29) is 32.7 Å². The van der Waals surface area contributed by atoms with Gasteiger partial charge in [0.2, 0.25) is 0 Å². The summed E-state index contributed by atoms with van der Waals surface area (Å²) in [6.07, 6.45) is 8.99. The van der Waals surface area contributed by atoms with E-state index >= 15 is 0 Å². The zero-order valence-electron chi connectivity index (χ0n) is 10.3. The molecule has 3 rings (SSSR count). The van der Waals surface area contributed by atoms with Gasteiger partial charge in [-0.1, -0.05) is 12.1 Å². The number of nitrogens with zero attached hydrogens (tertiary/aromatic N) is 3. The molecule has 0 amide bonds. The molecule has 4 heteroatoms. The number of pyridine rings is 3. The average molecular weight is 322 g/mol. The van der Waals surface area contributed by atoms with Gasteiger partial charge in [0.1, 0.15) is 0 Å². The van der Waals surface area contributed by atoms with Crippen molar-refractivity contribution in [3.63, 3.8) is 0 Å². The van der Waals surface area contributed by atoms with Crippen molar-refractivity contribution in [2.75, 3.05) is 0 Å². The summed E-state index contributed by atoms with van der Waals surface area (Å²) in [6.45, 7) is 0. The molecule has 0 saturated carbocycles. The van der Waals surface area contributed by atoms with Crippen molar-refractivity contribution in [2.24, 2.45) is 0 Å². The maximum Gasteiger partial charge on any atom is 0.0796 e. The van der Waals surface area contributed by atoms with E-state index in [0.717, 1.165) is 22.4 Å². The number of hydrogen-bond donors (Lipinski definition) is 0. The molecule has 19 heavy (non-hydrogen) atoms. The summed E-state index contributed by atoms with van der Waals surface area (Å²) in [4.78, 5) is 12.8. The maximum absolute atomic E-state index is 4.46. The molecule has 0 unspecified atom stereocenters. The van der Waals surface area contributed by atoms with Crippen molar-refractivity contribution in [2.45, 2.75) is 0 Å². The molecule has 0 aliphatic rings. The third-order valence-corrected chi connectivity index (χ3v) is 2.72. The van der Waals surface area contributed by atoms with Crippen LogP contribution < -0.4 is 0 Å². The van der Waals surface area contributed by atoms with Crippen LogP contribution in [0, 0.1) is 0 Å². The van der Waals surface area contributed by atoms with Gasteiger partial charge in [0.25, 0.3) is 0 Å². The van der Waals surface area contributed by atoms with Gasteiger partial charge in [-0.05, 0) is 24.3 Å². The number of rotatable bonds is 2. The number of aromatic nitrogens is 3. The smallest absolute Gasteiger partial charge is 0.0796 e. The van der Waals surface area contributed by atoms with Gasteiger partial charge in [0.15, 0.2) is 0 Å². The van der Waals surface area contributed by atoms with Crippen molar-refractivity contribution < 1.29 is 32.7 Å². The SMILES string of the molecule is [Y].c1cncc(-c2cccnc2-c2cccnc2)c1. The summed E-state index contributed by atoms with van der Waals surface area (Å²) in [7, 11) is 0. The van der Waals surface area contributed by atoms with Crippen LogP contribution in [-0.4, -0.2) is 15.0 Å². The molecular weight excluding hydrogens is 311 g/mol. The predicted octanol–water partition coefficient (Wildman–Crippen LogP) is 3.20. The van der Waals surface area contributed by atoms with Crippen molar-refractivity contribution in [3.8, 4) is 22.4 Å². The van der Waals surface area contributed by atoms with Gasteiger partial charge in [-0.2, -0.15) is 0 Å². The minimum absolute atomic E-state index is 0. The fraction of sp³-hybridized carbons (Fsp3) is 0. The van der Waals surface area contributed by atoms with Crippen molar-refractivity contribution in [1.29, 1.82) is 0 Å². The molecule has 0 aromatic carbocycles. The van der Waals surface area contributed by atoms with Crippen molar-refractivity contribution in [1.82, 2.24) is 15.0 Å². The van der Waals surface area contributed by atoms with Crippen LogP contribution in [0.5, 0.6) is 0 Å². The Bertz CT molecular complexity index is 583. The van der Waals surface area contributed by atoms with Gasteiger partial charge in [0.05, 0.1) is 5.69 Å². The average Bonchev–Trinajstić information content (AvgIpc) is 2.49. The second-order valence-electron chi connectivity index (χ2n) is 3.88. The Hall–Kier alpha value is -1.45.